The number of rotatable bonds is 7. The van der Waals surface area contributed by atoms with Gasteiger partial charge in [-0.25, -0.2) is 14.5 Å². The van der Waals surface area contributed by atoms with Crippen molar-refractivity contribution in [2.45, 2.75) is 84.7 Å². The van der Waals surface area contributed by atoms with Crippen LogP contribution < -0.4 is 15.1 Å². The van der Waals surface area contributed by atoms with Crippen molar-refractivity contribution in [3.05, 3.63) is 45.9 Å². The molecule has 0 aliphatic carbocycles. The molecule has 3 aromatic rings. The fourth-order valence-electron chi connectivity index (χ4n) is 7.18. The molecule has 0 spiro atoms. The molecule has 2 saturated heterocycles. The Balaban J connectivity index is 1.32. The smallest absolute Gasteiger partial charge is 0.410 e. The molecule has 2 atom stereocenters. The fourth-order valence-corrected chi connectivity index (χ4v) is 7.46. The fraction of sp³-hybridized carbons (Fsp3) is 0.611. The molecule has 2 amide bonds. The number of pyridine rings is 1. The van der Waals surface area contributed by atoms with E-state index in [0.29, 0.717) is 50.0 Å². The van der Waals surface area contributed by atoms with Crippen LogP contribution in [0.1, 0.15) is 80.5 Å². The molecule has 12 nitrogen and oxygen atoms in total. The lowest BCUT2D eigenvalue weighted by Gasteiger charge is -2.39. The third kappa shape index (κ3) is 7.76. The van der Waals surface area contributed by atoms with Crippen molar-refractivity contribution >= 4 is 45.9 Å². The summed E-state index contributed by atoms with van der Waals surface area (Å²) in [6, 6.07) is 3.98. The molecule has 1 aromatic carbocycles. The second kappa shape index (κ2) is 14.3. The summed E-state index contributed by atoms with van der Waals surface area (Å²) in [7, 11) is 3.98. The molecule has 1 N–H and O–H groups in total. The number of hydrogen-bond donors (Lipinski definition) is 1. The van der Waals surface area contributed by atoms with Gasteiger partial charge in [-0.2, -0.15) is 5.10 Å². The van der Waals surface area contributed by atoms with E-state index < -0.39 is 5.60 Å². The minimum atomic E-state index is -0.551. The van der Waals surface area contributed by atoms with Crippen LogP contribution in [-0.4, -0.2) is 108 Å². The number of aromatic nitrogens is 3. The molecule has 13 heteroatoms. The lowest BCUT2D eigenvalue weighted by Crippen LogP contribution is -2.50. The molecule has 0 saturated carbocycles. The van der Waals surface area contributed by atoms with E-state index in [1.165, 1.54) is 0 Å². The number of fused-ring (bicyclic) bond motifs is 2. The van der Waals surface area contributed by atoms with E-state index in [9.17, 15) is 9.59 Å². The molecule has 6 rings (SSSR count). The summed E-state index contributed by atoms with van der Waals surface area (Å²) < 4.78 is 13.7. The average molecular weight is 695 g/mol. The second-order valence-electron chi connectivity index (χ2n) is 14.9. The summed E-state index contributed by atoms with van der Waals surface area (Å²) in [5.41, 5.74) is 5.75. The maximum atomic E-state index is 13.7. The highest BCUT2D eigenvalue weighted by Crippen LogP contribution is 2.41. The van der Waals surface area contributed by atoms with Crippen molar-refractivity contribution in [1.29, 1.82) is 0 Å². The van der Waals surface area contributed by atoms with E-state index in [-0.39, 0.29) is 24.3 Å². The third-order valence-electron chi connectivity index (χ3n) is 9.42. The Bertz CT molecular complexity index is 1690. The number of halogens is 1. The van der Waals surface area contributed by atoms with Gasteiger partial charge in [0.2, 0.25) is 0 Å². The number of anilines is 2. The molecule has 1 unspecified atom stereocenters. The zero-order valence-corrected chi connectivity index (χ0v) is 30.8. The van der Waals surface area contributed by atoms with Gasteiger partial charge in [-0.3, -0.25) is 4.79 Å². The van der Waals surface area contributed by atoms with Crippen molar-refractivity contribution in [2.75, 3.05) is 69.8 Å². The minimum absolute atomic E-state index is 0.0540. The van der Waals surface area contributed by atoms with Gasteiger partial charge in [0, 0.05) is 68.6 Å². The number of nitrogens with one attached hydrogen (secondary N) is 1. The first-order valence-corrected chi connectivity index (χ1v) is 17.9. The molecule has 0 bridgehead atoms. The van der Waals surface area contributed by atoms with Gasteiger partial charge >= 0.3 is 6.09 Å². The highest BCUT2D eigenvalue weighted by Gasteiger charge is 2.32. The Hall–Kier alpha value is -3.61. The quantitative estimate of drug-likeness (QED) is 0.348. The van der Waals surface area contributed by atoms with Gasteiger partial charge < -0.3 is 34.4 Å². The third-order valence-corrected chi connectivity index (χ3v) is 9.90. The Labute approximate surface area is 294 Å². The standard InChI is InChI=1S/C36H51ClN8O4/c1-23-18-30-26(20-38-45(30)31-10-8-9-17-48-31)33(32(23)37)44-12-11-25-28(22-44)40-27(34(46)39-24(2)21-41(6)7)19-29(25)42-13-15-43(16-14-42)35(47)49-36(3,4)5/h18-20,24,31H,8-17,21-22H2,1-7H3,(H,39,46)/t24-,31?/m1/s1. The van der Waals surface area contributed by atoms with Crippen LogP contribution in [0.4, 0.5) is 16.2 Å². The maximum Gasteiger partial charge on any atom is 0.410 e. The van der Waals surface area contributed by atoms with Gasteiger partial charge in [0.05, 0.1) is 34.7 Å². The monoisotopic (exact) mass is 694 g/mol. The van der Waals surface area contributed by atoms with Crippen LogP contribution in [0.2, 0.25) is 5.02 Å². The number of carbonyl (C=O) groups excluding carboxylic acids is 2. The topological polar surface area (TPSA) is 108 Å². The van der Waals surface area contributed by atoms with Crippen LogP contribution in [0.15, 0.2) is 18.3 Å². The number of aryl methyl sites for hydroxylation is 1. The number of ether oxygens (including phenoxy) is 2. The van der Waals surface area contributed by atoms with Crippen molar-refractivity contribution in [3.8, 4) is 0 Å². The van der Waals surface area contributed by atoms with Gasteiger partial charge in [-0.05, 0) is 92.1 Å². The Morgan fingerprint density at radius 3 is 2.55 bits per heavy atom. The number of benzene rings is 1. The second-order valence-corrected chi connectivity index (χ2v) is 15.3. The Morgan fingerprint density at radius 1 is 1.12 bits per heavy atom. The number of piperazine rings is 1. The van der Waals surface area contributed by atoms with Crippen molar-refractivity contribution in [3.63, 3.8) is 0 Å². The van der Waals surface area contributed by atoms with Gasteiger partial charge in [0.1, 0.15) is 11.3 Å². The van der Waals surface area contributed by atoms with E-state index in [1.54, 1.807) is 4.90 Å². The SMILES string of the molecule is Cc1cc2c(cnn2C2CCCCO2)c(N2CCc3c(N4CCN(C(=O)OC(C)(C)C)CC4)cc(C(=O)N[C@H](C)CN(C)C)nc3C2)c1Cl. The predicted molar refractivity (Wildman–Crippen MR) is 193 cm³/mol. The number of hydrogen-bond acceptors (Lipinski definition) is 9. The molecule has 5 heterocycles. The van der Waals surface area contributed by atoms with Crippen LogP contribution in [0.5, 0.6) is 0 Å². The molecule has 266 valence electrons. The summed E-state index contributed by atoms with van der Waals surface area (Å²) in [6.07, 6.45) is 5.37. The largest absolute Gasteiger partial charge is 0.444 e. The minimum Gasteiger partial charge on any atom is -0.444 e. The predicted octanol–water partition coefficient (Wildman–Crippen LogP) is 5.39. The summed E-state index contributed by atoms with van der Waals surface area (Å²) in [4.78, 5) is 39.9. The molecule has 0 radical (unpaired) electrons. The van der Waals surface area contributed by atoms with Crippen LogP contribution in [0, 0.1) is 6.92 Å². The van der Waals surface area contributed by atoms with Gasteiger partial charge in [-0.1, -0.05) is 11.6 Å². The van der Waals surface area contributed by atoms with E-state index in [4.69, 9.17) is 31.2 Å². The Kier molecular flexibility index (Phi) is 10.3. The van der Waals surface area contributed by atoms with Crippen molar-refractivity contribution in [1.82, 2.24) is 29.9 Å². The molecule has 49 heavy (non-hydrogen) atoms. The van der Waals surface area contributed by atoms with E-state index >= 15 is 0 Å². The first kappa shape index (κ1) is 35.2. The maximum absolute atomic E-state index is 13.7. The van der Waals surface area contributed by atoms with Crippen molar-refractivity contribution in [2.24, 2.45) is 0 Å². The van der Waals surface area contributed by atoms with Gasteiger partial charge in [0.15, 0.2) is 6.23 Å². The molecule has 3 aliphatic heterocycles. The van der Waals surface area contributed by atoms with E-state index in [0.717, 1.165) is 77.9 Å². The summed E-state index contributed by atoms with van der Waals surface area (Å²) >= 11 is 7.09. The molecule has 3 aliphatic rings. The average Bonchev–Trinajstić information content (AvgIpc) is 3.46. The number of amides is 2. The zero-order valence-electron chi connectivity index (χ0n) is 30.0. The van der Waals surface area contributed by atoms with Gasteiger partial charge in [0.25, 0.3) is 5.91 Å². The first-order valence-electron chi connectivity index (χ1n) is 17.5. The Morgan fingerprint density at radius 2 is 1.88 bits per heavy atom. The van der Waals surface area contributed by atoms with Crippen molar-refractivity contribution < 1.29 is 19.1 Å². The summed E-state index contributed by atoms with van der Waals surface area (Å²) in [5.74, 6) is -0.201. The lowest BCUT2D eigenvalue weighted by molar-refractivity contribution is -0.0366. The number of carbonyl (C=O) groups is 2. The highest BCUT2D eigenvalue weighted by atomic mass is 35.5. The zero-order chi connectivity index (χ0) is 35.0. The van der Waals surface area contributed by atoms with Crippen LogP contribution in [-0.2, 0) is 22.4 Å². The molecule has 2 aromatic heterocycles. The lowest BCUT2D eigenvalue weighted by atomic mass is 9.99. The van der Waals surface area contributed by atoms with Crippen LogP contribution in [0.25, 0.3) is 10.9 Å². The molecular weight excluding hydrogens is 644 g/mol. The van der Waals surface area contributed by atoms with Gasteiger partial charge in [-0.15, -0.1) is 0 Å². The molecule has 2 fully saturated rings. The van der Waals surface area contributed by atoms with Crippen LogP contribution in [0.3, 0.4) is 0 Å². The number of likely N-dealkylation sites (N-methyl/N-ethyl adjacent to an activating group) is 1. The summed E-state index contributed by atoms with van der Waals surface area (Å²) in [6.45, 7) is 14.7. The van der Waals surface area contributed by atoms with E-state index in [1.807, 2.05) is 70.6 Å². The highest BCUT2D eigenvalue weighted by molar-refractivity contribution is 6.35. The normalized spacial score (nSPS) is 19.3. The molecular formula is C36H51ClN8O4. The van der Waals surface area contributed by atoms with E-state index in [2.05, 4.69) is 21.2 Å². The first-order chi connectivity index (χ1) is 23.3. The number of nitrogens with zero attached hydrogens (tertiary/aromatic N) is 7. The summed E-state index contributed by atoms with van der Waals surface area (Å²) in [5, 5.41) is 9.61. The van der Waals surface area contributed by atoms with Crippen LogP contribution >= 0.6 is 11.6 Å².